The zero-order valence-electron chi connectivity index (χ0n) is 25.9. The first-order valence-corrected chi connectivity index (χ1v) is 18.7. The molecule has 8 bridgehead atoms. The maximum absolute atomic E-state index is 11.3. The van der Waals surface area contributed by atoms with Gasteiger partial charge in [0.25, 0.3) is 10.1 Å². The quantitative estimate of drug-likeness (QED) is 0.310. The van der Waals surface area contributed by atoms with Crippen molar-refractivity contribution >= 4 is 10.1 Å². The molecule has 0 saturated heterocycles. The van der Waals surface area contributed by atoms with Crippen LogP contribution in [0.25, 0.3) is 0 Å². The Balaban J connectivity index is 0.949. The SMILES string of the molecule is O=S(=O)(O)CCn1cc(CN(Cc2cn(C34CC5CC(CC(C5)C3)C4)nn2)Cc2cn(C34CC5CC(CC(C5)C3)C4)nn2)nn1. The van der Waals surface area contributed by atoms with E-state index in [0.29, 0.717) is 25.3 Å². The molecule has 0 amide bonds. The van der Waals surface area contributed by atoms with Gasteiger partial charge in [-0.3, -0.25) is 14.1 Å². The van der Waals surface area contributed by atoms with Crippen molar-refractivity contribution in [2.75, 3.05) is 5.75 Å². The Morgan fingerprint density at radius 2 is 1.02 bits per heavy atom. The predicted molar refractivity (Wildman–Crippen MR) is 162 cm³/mol. The van der Waals surface area contributed by atoms with E-state index in [-0.39, 0.29) is 17.6 Å². The second-order valence-electron chi connectivity index (χ2n) is 16.0. The van der Waals surface area contributed by atoms with Gasteiger partial charge < -0.3 is 0 Å². The molecule has 3 heterocycles. The monoisotopic (exact) mass is 636 g/mol. The highest BCUT2D eigenvalue weighted by molar-refractivity contribution is 7.85. The predicted octanol–water partition coefficient (Wildman–Crippen LogP) is 3.40. The summed E-state index contributed by atoms with van der Waals surface area (Å²) in [5.41, 5.74) is 2.82. The highest BCUT2D eigenvalue weighted by Crippen LogP contribution is 2.59. The van der Waals surface area contributed by atoms with Gasteiger partial charge in [-0.1, -0.05) is 15.6 Å². The van der Waals surface area contributed by atoms with Gasteiger partial charge in [0.05, 0.1) is 52.9 Å². The Kier molecular flexibility index (Phi) is 6.59. The van der Waals surface area contributed by atoms with E-state index in [1.165, 1.54) is 81.7 Å². The van der Waals surface area contributed by atoms with Crippen molar-refractivity contribution in [2.24, 2.45) is 35.5 Å². The Hall–Kier alpha value is -2.71. The van der Waals surface area contributed by atoms with Crippen LogP contribution in [0.3, 0.4) is 0 Å². The van der Waals surface area contributed by atoms with Gasteiger partial charge in [-0.2, -0.15) is 8.42 Å². The van der Waals surface area contributed by atoms with Gasteiger partial charge in [-0.05, 0) is 113 Å². The number of rotatable bonds is 11. The minimum atomic E-state index is -4.08. The van der Waals surface area contributed by atoms with Crippen LogP contribution in [-0.4, -0.2) is 68.6 Å². The summed E-state index contributed by atoms with van der Waals surface area (Å²) in [6.07, 6.45) is 21.8. The third kappa shape index (κ3) is 5.44. The van der Waals surface area contributed by atoms with Crippen molar-refractivity contribution < 1.29 is 13.0 Å². The molecule has 8 fully saturated rings. The normalized spacial score (nSPS) is 36.5. The summed E-state index contributed by atoms with van der Waals surface area (Å²) in [7, 11) is -4.08. The molecular weight excluding hydrogens is 592 g/mol. The number of hydrogen-bond donors (Lipinski definition) is 1. The lowest BCUT2D eigenvalue weighted by atomic mass is 9.53. The van der Waals surface area contributed by atoms with Gasteiger partial charge in [0.2, 0.25) is 0 Å². The Morgan fingerprint density at radius 3 is 1.42 bits per heavy atom. The summed E-state index contributed by atoms with van der Waals surface area (Å²) < 4.78 is 37.6. The molecule has 0 spiro atoms. The van der Waals surface area contributed by atoms with Crippen LogP contribution in [0.5, 0.6) is 0 Å². The van der Waals surface area contributed by atoms with E-state index in [2.05, 4.69) is 47.2 Å². The van der Waals surface area contributed by atoms with Crippen LogP contribution >= 0.6 is 0 Å². The smallest absolute Gasteiger partial charge is 0.266 e. The van der Waals surface area contributed by atoms with E-state index < -0.39 is 15.9 Å². The zero-order valence-corrected chi connectivity index (χ0v) is 26.7. The van der Waals surface area contributed by atoms with Crippen molar-refractivity contribution in [1.29, 1.82) is 0 Å². The molecular formula is C31H44N10O3S. The lowest BCUT2D eigenvalue weighted by Gasteiger charge is -2.56. The average Bonchev–Trinajstić information content (AvgIpc) is 3.72. The van der Waals surface area contributed by atoms with Crippen molar-refractivity contribution in [3.63, 3.8) is 0 Å². The highest BCUT2D eigenvalue weighted by Gasteiger charge is 2.53. The van der Waals surface area contributed by atoms with Gasteiger partial charge in [-0.15, -0.1) is 15.3 Å². The van der Waals surface area contributed by atoms with Crippen LogP contribution in [0.1, 0.15) is 94.1 Å². The number of hydrogen-bond acceptors (Lipinski definition) is 9. The van der Waals surface area contributed by atoms with E-state index in [9.17, 15) is 8.42 Å². The number of aromatic nitrogens is 9. The summed E-state index contributed by atoms with van der Waals surface area (Å²) in [6.45, 7) is 1.69. The van der Waals surface area contributed by atoms with Gasteiger partial charge in [-0.25, -0.2) is 9.36 Å². The minimum Gasteiger partial charge on any atom is -0.285 e. The summed E-state index contributed by atoms with van der Waals surface area (Å²) in [5, 5.41) is 27.3. The van der Waals surface area contributed by atoms with Crippen molar-refractivity contribution in [2.45, 2.75) is 114 Å². The maximum Gasteiger partial charge on any atom is 0.266 e. The molecule has 13 nitrogen and oxygen atoms in total. The summed E-state index contributed by atoms with van der Waals surface area (Å²) in [4.78, 5) is 2.25. The second kappa shape index (κ2) is 10.4. The molecule has 0 unspecified atom stereocenters. The van der Waals surface area contributed by atoms with E-state index >= 15 is 0 Å². The van der Waals surface area contributed by atoms with Crippen molar-refractivity contribution in [3.05, 3.63) is 35.7 Å². The standard InChI is InChI=1S/C31H44N10O3S/c42-45(43,44)2-1-39-18-27(32-35-39)15-38(16-28-19-40(36-33-28)30-9-21-3-22(10-30)5-23(4-21)11-30)17-29-20-41(37-34-29)31-12-24-6-25(13-31)8-26(7-24)14-31/h18-26H,1-17H2,(H,42,43,44). The van der Waals surface area contributed by atoms with Crippen molar-refractivity contribution in [1.82, 2.24) is 49.9 Å². The van der Waals surface area contributed by atoms with E-state index in [4.69, 9.17) is 15.0 Å². The van der Waals surface area contributed by atoms with Gasteiger partial charge in [0.1, 0.15) is 0 Å². The molecule has 3 aromatic rings. The van der Waals surface area contributed by atoms with Crippen LogP contribution in [0.15, 0.2) is 18.6 Å². The molecule has 8 aliphatic carbocycles. The third-order valence-corrected chi connectivity index (χ3v) is 13.1. The van der Waals surface area contributed by atoms with E-state index in [0.717, 1.165) is 46.9 Å². The van der Waals surface area contributed by atoms with Crippen molar-refractivity contribution in [3.8, 4) is 0 Å². The fourth-order valence-electron chi connectivity index (χ4n) is 11.5. The minimum absolute atomic E-state index is 0.0462. The Bertz CT molecular complexity index is 1520. The molecule has 8 saturated carbocycles. The van der Waals surface area contributed by atoms with Gasteiger partial charge in [0.15, 0.2) is 0 Å². The lowest BCUT2D eigenvalue weighted by molar-refractivity contribution is -0.0503. The number of nitrogens with zero attached hydrogens (tertiary/aromatic N) is 10. The van der Waals surface area contributed by atoms with Crippen LogP contribution in [0.4, 0.5) is 0 Å². The van der Waals surface area contributed by atoms with Crippen LogP contribution in [0.2, 0.25) is 0 Å². The highest BCUT2D eigenvalue weighted by atomic mass is 32.2. The molecule has 0 aliphatic heterocycles. The summed E-state index contributed by atoms with van der Waals surface area (Å²) >= 11 is 0. The molecule has 45 heavy (non-hydrogen) atoms. The van der Waals surface area contributed by atoms with E-state index in [1.807, 2.05) is 0 Å². The first-order chi connectivity index (χ1) is 21.7. The molecule has 242 valence electrons. The molecule has 0 radical (unpaired) electrons. The fraction of sp³-hybridized carbons (Fsp3) is 0.806. The molecule has 8 aliphatic rings. The molecule has 1 N–H and O–H groups in total. The fourth-order valence-corrected chi connectivity index (χ4v) is 11.9. The molecule has 0 atom stereocenters. The maximum atomic E-state index is 11.3. The molecule has 3 aromatic heterocycles. The first-order valence-electron chi connectivity index (χ1n) is 17.1. The van der Waals surface area contributed by atoms with Gasteiger partial charge in [0, 0.05) is 25.8 Å². The molecule has 0 aromatic carbocycles. The summed E-state index contributed by atoms with van der Waals surface area (Å²) in [5.74, 6) is 4.60. The Morgan fingerprint density at radius 1 is 0.644 bits per heavy atom. The van der Waals surface area contributed by atoms with Crippen LogP contribution in [0, 0.1) is 35.5 Å². The Labute approximate surface area is 263 Å². The summed E-state index contributed by atoms with van der Waals surface area (Å²) in [6, 6.07) is 0. The largest absolute Gasteiger partial charge is 0.285 e. The molecule has 11 rings (SSSR count). The third-order valence-electron chi connectivity index (χ3n) is 12.4. The van der Waals surface area contributed by atoms with Crippen LogP contribution < -0.4 is 0 Å². The average molecular weight is 637 g/mol. The first kappa shape index (κ1) is 28.5. The topological polar surface area (TPSA) is 150 Å². The number of aryl methyl sites for hydroxylation is 1. The van der Waals surface area contributed by atoms with E-state index in [1.54, 1.807) is 6.20 Å². The van der Waals surface area contributed by atoms with Crippen LogP contribution in [-0.2, 0) is 47.4 Å². The second-order valence-corrected chi connectivity index (χ2v) is 17.6. The molecule has 14 heteroatoms. The lowest BCUT2D eigenvalue weighted by Crippen LogP contribution is -2.52. The zero-order chi connectivity index (χ0) is 30.4. The van der Waals surface area contributed by atoms with Gasteiger partial charge >= 0.3 is 0 Å².